The molecule has 2 nitrogen and oxygen atoms in total. The van der Waals surface area contributed by atoms with Crippen LogP contribution in [0.25, 0.3) is 5.57 Å². The van der Waals surface area contributed by atoms with Crippen molar-refractivity contribution in [2.75, 3.05) is 5.32 Å². The fourth-order valence-corrected chi connectivity index (χ4v) is 2.77. The van der Waals surface area contributed by atoms with Gasteiger partial charge in [0.25, 0.3) is 0 Å². The Balaban J connectivity index is 2.53. The van der Waals surface area contributed by atoms with Gasteiger partial charge in [-0.15, -0.1) is 19.7 Å². The van der Waals surface area contributed by atoms with Crippen LogP contribution in [-0.2, 0) is 0 Å². The molecule has 20 heavy (non-hydrogen) atoms. The predicted molar refractivity (Wildman–Crippen MR) is 86.9 cm³/mol. The van der Waals surface area contributed by atoms with Crippen molar-refractivity contribution in [3.63, 3.8) is 0 Å². The molecule has 0 aromatic heterocycles. The molecule has 1 aromatic rings. The average molecular weight is 267 g/mol. The van der Waals surface area contributed by atoms with E-state index >= 15 is 0 Å². The van der Waals surface area contributed by atoms with Gasteiger partial charge in [-0.05, 0) is 43.0 Å². The first-order valence-electron chi connectivity index (χ1n) is 6.80. The highest BCUT2D eigenvalue weighted by molar-refractivity contribution is 5.82. The van der Waals surface area contributed by atoms with Crippen LogP contribution >= 0.6 is 0 Å². The standard InChI is InChI=1S/C18H21NO/c1-4-7-14-13-18(10-5-2,11-6-3)19-17-9-8-15(20)12-16(14)17/h4-6,8-9,12-13,19-20H,1-3,7,10-11H2. The number of phenols is 1. The van der Waals surface area contributed by atoms with Crippen LogP contribution in [0.15, 0.2) is 62.2 Å². The highest BCUT2D eigenvalue weighted by atomic mass is 16.3. The third kappa shape index (κ3) is 2.69. The van der Waals surface area contributed by atoms with Gasteiger partial charge in [0.1, 0.15) is 5.75 Å². The SMILES string of the molecule is C=CCC1=CC(CC=C)(CC=C)Nc2ccc(O)cc21. The molecule has 0 aliphatic carbocycles. The summed E-state index contributed by atoms with van der Waals surface area (Å²) in [5.41, 5.74) is 3.05. The highest BCUT2D eigenvalue weighted by Gasteiger charge is 2.30. The van der Waals surface area contributed by atoms with Crippen molar-refractivity contribution < 1.29 is 5.11 Å². The Morgan fingerprint density at radius 2 is 1.80 bits per heavy atom. The topological polar surface area (TPSA) is 32.3 Å². The smallest absolute Gasteiger partial charge is 0.116 e. The first kappa shape index (κ1) is 14.2. The van der Waals surface area contributed by atoms with E-state index in [1.807, 2.05) is 24.3 Å². The van der Waals surface area contributed by atoms with Crippen molar-refractivity contribution in [1.82, 2.24) is 0 Å². The number of aromatic hydroxyl groups is 1. The van der Waals surface area contributed by atoms with Crippen LogP contribution in [0, 0.1) is 0 Å². The quantitative estimate of drug-likeness (QED) is 0.580. The van der Waals surface area contributed by atoms with E-state index in [1.54, 1.807) is 12.1 Å². The van der Waals surface area contributed by atoms with Gasteiger partial charge < -0.3 is 10.4 Å². The van der Waals surface area contributed by atoms with E-state index in [0.29, 0.717) is 0 Å². The Labute approximate surface area is 120 Å². The molecule has 0 atom stereocenters. The zero-order valence-electron chi connectivity index (χ0n) is 11.7. The summed E-state index contributed by atoms with van der Waals surface area (Å²) in [5.74, 6) is 0.278. The summed E-state index contributed by atoms with van der Waals surface area (Å²) >= 11 is 0. The van der Waals surface area contributed by atoms with Gasteiger partial charge >= 0.3 is 0 Å². The monoisotopic (exact) mass is 267 g/mol. The van der Waals surface area contributed by atoms with Gasteiger partial charge in [0.15, 0.2) is 0 Å². The number of fused-ring (bicyclic) bond motifs is 1. The normalized spacial score (nSPS) is 15.5. The van der Waals surface area contributed by atoms with Gasteiger partial charge in [-0.3, -0.25) is 0 Å². The van der Waals surface area contributed by atoms with Crippen molar-refractivity contribution in [1.29, 1.82) is 0 Å². The summed E-state index contributed by atoms with van der Waals surface area (Å²) in [6, 6.07) is 5.42. The molecule has 0 saturated heterocycles. The number of hydrogen-bond acceptors (Lipinski definition) is 2. The Hall–Kier alpha value is -2.22. The molecule has 104 valence electrons. The number of anilines is 1. The first-order valence-corrected chi connectivity index (χ1v) is 6.80. The molecule has 0 unspecified atom stereocenters. The van der Waals surface area contributed by atoms with Crippen LogP contribution < -0.4 is 5.32 Å². The number of rotatable bonds is 6. The van der Waals surface area contributed by atoms with E-state index in [2.05, 4.69) is 31.1 Å². The molecule has 2 rings (SSSR count). The number of allylic oxidation sites excluding steroid dienone is 2. The van der Waals surface area contributed by atoms with Crippen LogP contribution in [0.3, 0.4) is 0 Å². The van der Waals surface area contributed by atoms with Crippen LogP contribution in [0.2, 0.25) is 0 Å². The van der Waals surface area contributed by atoms with Crippen molar-refractivity contribution in [3.05, 3.63) is 67.8 Å². The summed E-state index contributed by atoms with van der Waals surface area (Å²) < 4.78 is 0. The van der Waals surface area contributed by atoms with Crippen molar-refractivity contribution in [2.45, 2.75) is 24.8 Å². The molecule has 0 radical (unpaired) electrons. The largest absolute Gasteiger partial charge is 0.508 e. The van der Waals surface area contributed by atoms with Gasteiger partial charge in [0.2, 0.25) is 0 Å². The van der Waals surface area contributed by atoms with Crippen LogP contribution in [0.5, 0.6) is 5.75 Å². The molecule has 1 aliphatic heterocycles. The third-order valence-electron chi connectivity index (χ3n) is 3.56. The number of phenolic OH excluding ortho intramolecular Hbond substituents is 1. The zero-order valence-corrected chi connectivity index (χ0v) is 11.7. The lowest BCUT2D eigenvalue weighted by atomic mass is 9.82. The molecule has 0 saturated carbocycles. The van der Waals surface area contributed by atoms with Gasteiger partial charge in [0.05, 0.1) is 5.54 Å². The third-order valence-corrected chi connectivity index (χ3v) is 3.56. The zero-order chi connectivity index (χ0) is 14.6. The van der Waals surface area contributed by atoms with Crippen LogP contribution in [-0.4, -0.2) is 10.6 Å². The first-order chi connectivity index (χ1) is 9.64. The van der Waals surface area contributed by atoms with Gasteiger partial charge in [-0.2, -0.15) is 0 Å². The Bertz CT molecular complexity index is 559. The van der Waals surface area contributed by atoms with Crippen molar-refractivity contribution in [3.8, 4) is 5.75 Å². The summed E-state index contributed by atoms with van der Waals surface area (Å²) in [6.07, 6.45) is 10.4. The molecule has 0 amide bonds. The predicted octanol–water partition coefficient (Wildman–Crippen LogP) is 4.67. The summed E-state index contributed by atoms with van der Waals surface area (Å²) in [6.45, 7) is 11.5. The fourth-order valence-electron chi connectivity index (χ4n) is 2.77. The minimum absolute atomic E-state index is 0.189. The molecule has 0 bridgehead atoms. The Morgan fingerprint density at radius 3 is 2.40 bits per heavy atom. The lowest BCUT2D eigenvalue weighted by Gasteiger charge is -2.37. The van der Waals surface area contributed by atoms with E-state index in [-0.39, 0.29) is 11.3 Å². The highest BCUT2D eigenvalue weighted by Crippen LogP contribution is 2.40. The van der Waals surface area contributed by atoms with Gasteiger partial charge in [-0.25, -0.2) is 0 Å². The lowest BCUT2D eigenvalue weighted by Crippen LogP contribution is -2.38. The summed E-state index contributed by atoms with van der Waals surface area (Å²) in [7, 11) is 0. The van der Waals surface area contributed by atoms with Gasteiger partial charge in [-0.1, -0.05) is 24.3 Å². The molecule has 1 aliphatic rings. The van der Waals surface area contributed by atoms with E-state index in [0.717, 1.165) is 30.5 Å². The minimum Gasteiger partial charge on any atom is -0.508 e. The van der Waals surface area contributed by atoms with Crippen molar-refractivity contribution in [2.24, 2.45) is 0 Å². The van der Waals surface area contributed by atoms with E-state index in [4.69, 9.17) is 0 Å². The molecular formula is C18H21NO. The number of nitrogens with one attached hydrogen (secondary N) is 1. The lowest BCUT2D eigenvalue weighted by molar-refractivity contribution is 0.475. The second-order valence-corrected chi connectivity index (χ2v) is 5.16. The van der Waals surface area contributed by atoms with Crippen molar-refractivity contribution >= 4 is 11.3 Å². The Kier molecular flexibility index (Phi) is 4.14. The molecule has 2 heteroatoms. The number of hydrogen-bond donors (Lipinski definition) is 2. The average Bonchev–Trinajstić information content (AvgIpc) is 2.41. The second-order valence-electron chi connectivity index (χ2n) is 5.16. The van der Waals surface area contributed by atoms with Gasteiger partial charge in [0, 0.05) is 11.3 Å². The second kappa shape index (κ2) is 5.83. The maximum atomic E-state index is 9.70. The number of benzene rings is 1. The molecule has 2 N–H and O–H groups in total. The fraction of sp³-hybridized carbons (Fsp3) is 0.222. The molecule has 0 fully saturated rings. The van der Waals surface area contributed by atoms with Crippen LogP contribution in [0.4, 0.5) is 5.69 Å². The maximum absolute atomic E-state index is 9.70. The molecule has 0 spiro atoms. The minimum atomic E-state index is -0.189. The van der Waals surface area contributed by atoms with E-state index in [9.17, 15) is 5.11 Å². The summed E-state index contributed by atoms with van der Waals surface area (Å²) in [5, 5.41) is 13.3. The van der Waals surface area contributed by atoms with E-state index < -0.39 is 0 Å². The van der Waals surface area contributed by atoms with Crippen LogP contribution in [0.1, 0.15) is 24.8 Å². The Morgan fingerprint density at radius 1 is 1.10 bits per heavy atom. The molecular weight excluding hydrogens is 246 g/mol. The maximum Gasteiger partial charge on any atom is 0.116 e. The molecule has 1 heterocycles. The van der Waals surface area contributed by atoms with E-state index in [1.165, 1.54) is 5.57 Å². The summed E-state index contributed by atoms with van der Waals surface area (Å²) in [4.78, 5) is 0. The molecule has 1 aromatic carbocycles.